The van der Waals surface area contributed by atoms with E-state index in [1.165, 1.54) is 95.9 Å². The number of nitrogens with zero attached hydrogens (tertiary/aromatic N) is 2. The zero-order chi connectivity index (χ0) is 38.5. The van der Waals surface area contributed by atoms with Crippen LogP contribution in [-0.4, -0.2) is 23.5 Å². The smallest absolute Gasteiger partial charge is 0.135 e. The van der Waals surface area contributed by atoms with Crippen LogP contribution in [0.5, 0.6) is 0 Å². The summed E-state index contributed by atoms with van der Waals surface area (Å²) < 4.78 is 2.52. The Bertz CT molecular complexity index is 2930. The van der Waals surface area contributed by atoms with Crippen molar-refractivity contribution in [3.8, 4) is 5.69 Å². The van der Waals surface area contributed by atoms with E-state index < -0.39 is 0 Å². The number of amidine groups is 1. The Balaban J connectivity index is 1.08. The van der Waals surface area contributed by atoms with Gasteiger partial charge >= 0.3 is 0 Å². The zero-order valence-electron chi connectivity index (χ0n) is 33.1. The van der Waals surface area contributed by atoms with Gasteiger partial charge in [0.15, 0.2) is 0 Å². The van der Waals surface area contributed by atoms with Crippen LogP contribution in [0.3, 0.4) is 0 Å². The number of aromatic nitrogens is 1. The van der Waals surface area contributed by atoms with Gasteiger partial charge in [0.2, 0.25) is 0 Å². The highest BCUT2D eigenvalue weighted by Crippen LogP contribution is 2.49. The normalized spacial score (nSPS) is 19.0. The fraction of sp³-hybridized carbons (Fsp3) is 0.212. The van der Waals surface area contributed by atoms with Crippen LogP contribution >= 0.6 is 0 Å². The number of nitrogens with one attached hydrogen (secondary N) is 3. The quantitative estimate of drug-likeness (QED) is 0.168. The molecule has 1 unspecified atom stereocenters. The Morgan fingerprint density at radius 2 is 1.35 bits per heavy atom. The van der Waals surface area contributed by atoms with Crippen LogP contribution in [0, 0.1) is 0 Å². The van der Waals surface area contributed by atoms with Gasteiger partial charge in [-0.3, -0.25) is 0 Å². The van der Waals surface area contributed by atoms with Crippen LogP contribution in [0.1, 0.15) is 80.0 Å². The average molecular weight is 742 g/mol. The average Bonchev–Trinajstić information content (AvgIpc) is 3.57. The van der Waals surface area contributed by atoms with Crippen molar-refractivity contribution in [1.82, 2.24) is 9.88 Å². The molecule has 1 aromatic heterocycles. The zero-order valence-corrected chi connectivity index (χ0v) is 33.1. The van der Waals surface area contributed by atoms with Crippen LogP contribution in [0.2, 0.25) is 0 Å². The van der Waals surface area contributed by atoms with Crippen LogP contribution in [0.25, 0.3) is 50.4 Å². The number of hydrogen-bond donors (Lipinski definition) is 3. The van der Waals surface area contributed by atoms with E-state index in [0.717, 1.165) is 23.6 Å². The van der Waals surface area contributed by atoms with Crippen molar-refractivity contribution >= 4 is 61.9 Å². The van der Waals surface area contributed by atoms with Crippen molar-refractivity contribution < 1.29 is 0 Å². The third kappa shape index (κ3) is 5.39. The predicted octanol–water partition coefficient (Wildman–Crippen LogP) is 12.2. The van der Waals surface area contributed by atoms with Crippen LogP contribution in [-0.2, 0) is 10.8 Å². The van der Waals surface area contributed by atoms with E-state index in [-0.39, 0.29) is 16.9 Å². The summed E-state index contributed by atoms with van der Waals surface area (Å²) in [6.07, 6.45) is 11.4. The van der Waals surface area contributed by atoms with Crippen LogP contribution < -0.4 is 16.0 Å². The molecular formula is C52H47N5. The number of rotatable bonds is 4. The molecule has 4 heterocycles. The number of para-hydroxylation sites is 1. The summed E-state index contributed by atoms with van der Waals surface area (Å²) in [6, 6.07) is 42.6. The molecule has 1 atom stereocenters. The van der Waals surface area contributed by atoms with Gasteiger partial charge in [-0.15, -0.1) is 0 Å². The SMILES string of the molecule is CC1(C)CCC(C)(C)c2cc3c(cc21)c1ccccc1n3-c1ccc(C2=NC(C3=Cc4ccc5c(c4NC3)NCC=C5)=CC(c3ccccc3)N2)c2ccccc12. The van der Waals surface area contributed by atoms with Gasteiger partial charge in [-0.1, -0.05) is 125 Å². The molecule has 0 spiro atoms. The lowest BCUT2D eigenvalue weighted by Crippen LogP contribution is -2.33. The summed E-state index contributed by atoms with van der Waals surface area (Å²) in [7, 11) is 0. The Morgan fingerprint density at radius 3 is 2.18 bits per heavy atom. The van der Waals surface area contributed by atoms with Crippen molar-refractivity contribution in [3.05, 3.63) is 172 Å². The molecule has 0 amide bonds. The van der Waals surface area contributed by atoms with Gasteiger partial charge < -0.3 is 20.5 Å². The summed E-state index contributed by atoms with van der Waals surface area (Å²) in [5.74, 6) is 0.883. The van der Waals surface area contributed by atoms with Crippen molar-refractivity contribution in [1.29, 1.82) is 0 Å². The van der Waals surface area contributed by atoms with Crippen molar-refractivity contribution in [2.24, 2.45) is 4.99 Å². The highest BCUT2D eigenvalue weighted by Gasteiger charge is 2.38. The minimum absolute atomic E-state index is 0.0408. The van der Waals surface area contributed by atoms with Crippen LogP contribution in [0.15, 0.2) is 144 Å². The molecule has 6 aromatic carbocycles. The maximum absolute atomic E-state index is 5.46. The topological polar surface area (TPSA) is 53.4 Å². The van der Waals surface area contributed by atoms with E-state index in [1.807, 2.05) is 0 Å². The monoisotopic (exact) mass is 741 g/mol. The molecule has 7 aromatic rings. The Morgan fingerprint density at radius 1 is 0.649 bits per heavy atom. The highest BCUT2D eigenvalue weighted by atomic mass is 15.1. The lowest BCUT2D eigenvalue weighted by Gasteiger charge is -2.42. The molecule has 280 valence electrons. The first-order chi connectivity index (χ1) is 27.7. The minimum Gasteiger partial charge on any atom is -0.379 e. The fourth-order valence-corrected chi connectivity index (χ4v) is 9.88. The van der Waals surface area contributed by atoms with E-state index in [2.05, 4.69) is 188 Å². The summed E-state index contributed by atoms with van der Waals surface area (Å²) in [5.41, 5.74) is 16.1. The number of hydrogen-bond acceptors (Lipinski definition) is 4. The molecule has 3 aliphatic heterocycles. The first-order valence-electron chi connectivity index (χ1n) is 20.5. The van der Waals surface area contributed by atoms with E-state index in [9.17, 15) is 0 Å². The summed E-state index contributed by atoms with van der Waals surface area (Å²) >= 11 is 0. The molecule has 57 heavy (non-hydrogen) atoms. The van der Waals surface area contributed by atoms with E-state index in [0.29, 0.717) is 6.54 Å². The van der Waals surface area contributed by atoms with E-state index >= 15 is 0 Å². The summed E-state index contributed by atoms with van der Waals surface area (Å²) in [5, 5.41) is 16.2. The molecular weight excluding hydrogens is 695 g/mol. The fourth-order valence-electron chi connectivity index (χ4n) is 9.88. The Kier molecular flexibility index (Phi) is 7.50. The van der Waals surface area contributed by atoms with Gasteiger partial charge in [-0.2, -0.15) is 0 Å². The molecule has 3 N–H and O–H groups in total. The standard InChI is InChI=1S/C52H47N5/c1-51(2)24-25-52(3,4)42-29-47-40(28-41(42)51)38-18-10-11-19-45(38)57(47)46-23-22-39(36-16-8-9-17-37(36)46)50-55-43(32-13-6-5-7-14-32)30-44(56-50)35-27-34-21-20-33-15-12-26-53-48(33)49(34)54-31-35/h5-23,27-30,43,53-54H,24-26,31H2,1-4H3,(H,55,56). The molecule has 1 aliphatic carbocycles. The van der Waals surface area contributed by atoms with Crippen molar-refractivity contribution in [2.45, 2.75) is 57.4 Å². The van der Waals surface area contributed by atoms with Gasteiger partial charge in [0.25, 0.3) is 0 Å². The van der Waals surface area contributed by atoms with Gasteiger partial charge in [0.05, 0.1) is 39.8 Å². The number of fused-ring (bicyclic) bond motifs is 8. The lowest BCUT2D eigenvalue weighted by molar-refractivity contribution is 0.332. The van der Waals surface area contributed by atoms with Gasteiger partial charge in [-0.05, 0) is 99.4 Å². The third-order valence-electron chi connectivity index (χ3n) is 13.1. The van der Waals surface area contributed by atoms with E-state index in [1.54, 1.807) is 0 Å². The molecule has 0 saturated carbocycles. The molecule has 4 aliphatic rings. The second-order valence-electron chi connectivity index (χ2n) is 17.6. The largest absolute Gasteiger partial charge is 0.379 e. The lowest BCUT2D eigenvalue weighted by atomic mass is 9.63. The number of anilines is 2. The number of benzene rings is 6. The maximum Gasteiger partial charge on any atom is 0.135 e. The molecule has 5 nitrogen and oxygen atoms in total. The van der Waals surface area contributed by atoms with Crippen molar-refractivity contribution in [3.63, 3.8) is 0 Å². The summed E-state index contributed by atoms with van der Waals surface area (Å²) in [4.78, 5) is 5.46. The first-order valence-corrected chi connectivity index (χ1v) is 20.5. The third-order valence-corrected chi connectivity index (χ3v) is 13.1. The summed E-state index contributed by atoms with van der Waals surface area (Å²) in [6.45, 7) is 11.2. The van der Waals surface area contributed by atoms with Gasteiger partial charge in [0, 0.05) is 40.4 Å². The molecule has 0 saturated heterocycles. The van der Waals surface area contributed by atoms with Gasteiger partial charge in [-0.25, -0.2) is 4.99 Å². The van der Waals surface area contributed by atoms with Crippen LogP contribution in [0.4, 0.5) is 11.4 Å². The molecule has 0 bridgehead atoms. The highest BCUT2D eigenvalue weighted by molar-refractivity contribution is 6.15. The predicted molar refractivity (Wildman–Crippen MR) is 241 cm³/mol. The van der Waals surface area contributed by atoms with Crippen molar-refractivity contribution in [2.75, 3.05) is 23.7 Å². The second-order valence-corrected chi connectivity index (χ2v) is 17.6. The molecule has 11 rings (SSSR count). The minimum atomic E-state index is -0.0408. The maximum atomic E-state index is 5.46. The molecule has 0 radical (unpaired) electrons. The Hall–Kier alpha value is -6.33. The first kappa shape index (κ1) is 34.0. The van der Waals surface area contributed by atoms with E-state index in [4.69, 9.17) is 4.99 Å². The Labute approximate surface area is 334 Å². The second kappa shape index (κ2) is 12.6. The number of aliphatic imine (C=N–C) groups is 1. The molecule has 0 fully saturated rings. The molecule has 5 heteroatoms. The van der Waals surface area contributed by atoms with Gasteiger partial charge in [0.1, 0.15) is 5.84 Å².